The van der Waals surface area contributed by atoms with Crippen LogP contribution >= 0.6 is 0 Å². The van der Waals surface area contributed by atoms with Crippen molar-refractivity contribution in [3.63, 3.8) is 0 Å². The topological polar surface area (TPSA) is 93.5 Å². The molecule has 1 aliphatic rings. The van der Waals surface area contributed by atoms with Crippen LogP contribution in [0.25, 0.3) is 0 Å². The van der Waals surface area contributed by atoms with Gasteiger partial charge in [0.25, 0.3) is 5.91 Å². The average molecular weight is 277 g/mol. The zero-order valence-corrected chi connectivity index (χ0v) is 11.4. The predicted octanol–water partition coefficient (Wildman–Crippen LogP) is -0.220. The van der Waals surface area contributed by atoms with Gasteiger partial charge in [0.15, 0.2) is 0 Å². The fraction of sp³-hybridized carbons (Fsp3) is 0.429. The minimum Gasteiger partial charge on any atom is -0.379 e. The lowest BCUT2D eigenvalue weighted by Crippen LogP contribution is -2.54. The molecule has 108 valence electrons. The summed E-state index contributed by atoms with van der Waals surface area (Å²) >= 11 is 0. The normalized spacial score (nSPS) is 21.5. The van der Waals surface area contributed by atoms with E-state index in [4.69, 9.17) is 10.5 Å². The summed E-state index contributed by atoms with van der Waals surface area (Å²) in [6.07, 6.45) is 0.536. The molecular weight excluding hydrogens is 258 g/mol. The number of carbonyl (C=O) groups excluding carboxylic acids is 2. The van der Waals surface area contributed by atoms with Crippen LogP contribution in [0.5, 0.6) is 0 Å². The zero-order valence-electron chi connectivity index (χ0n) is 11.4. The molecule has 6 heteroatoms. The van der Waals surface area contributed by atoms with E-state index in [2.05, 4.69) is 10.6 Å². The first-order valence-electron chi connectivity index (χ1n) is 6.51. The highest BCUT2D eigenvalue weighted by Gasteiger charge is 2.37. The lowest BCUT2D eigenvalue weighted by molar-refractivity contribution is -0.126. The SMILES string of the molecule is CNC(=O)c1ccc(CNC(=O)C2(N)CCOC2)cc1. The molecule has 0 saturated carbocycles. The average Bonchev–Trinajstić information content (AvgIpc) is 2.92. The molecule has 20 heavy (non-hydrogen) atoms. The number of hydrogen-bond donors (Lipinski definition) is 3. The Kier molecular flexibility index (Phi) is 4.36. The molecule has 0 bridgehead atoms. The van der Waals surface area contributed by atoms with Crippen LogP contribution in [0, 0.1) is 0 Å². The van der Waals surface area contributed by atoms with Gasteiger partial charge in [-0.3, -0.25) is 9.59 Å². The monoisotopic (exact) mass is 277 g/mol. The summed E-state index contributed by atoms with van der Waals surface area (Å²) in [5.41, 5.74) is 6.54. The van der Waals surface area contributed by atoms with Crippen molar-refractivity contribution in [2.75, 3.05) is 20.3 Å². The van der Waals surface area contributed by atoms with Crippen LogP contribution < -0.4 is 16.4 Å². The van der Waals surface area contributed by atoms with Gasteiger partial charge in [0, 0.05) is 25.8 Å². The molecule has 1 aromatic carbocycles. The number of nitrogens with one attached hydrogen (secondary N) is 2. The molecule has 0 spiro atoms. The summed E-state index contributed by atoms with van der Waals surface area (Å²) in [5, 5.41) is 5.35. The molecule has 1 fully saturated rings. The number of nitrogens with two attached hydrogens (primary N) is 1. The van der Waals surface area contributed by atoms with Crippen LogP contribution in [0.3, 0.4) is 0 Å². The second-order valence-electron chi connectivity index (χ2n) is 4.92. The number of rotatable bonds is 4. The van der Waals surface area contributed by atoms with E-state index in [1.54, 1.807) is 31.3 Å². The first kappa shape index (κ1) is 14.5. The Labute approximate surface area is 117 Å². The highest BCUT2D eigenvalue weighted by molar-refractivity contribution is 5.94. The Morgan fingerprint density at radius 2 is 2.05 bits per heavy atom. The summed E-state index contributed by atoms with van der Waals surface area (Å²) in [4.78, 5) is 23.4. The summed E-state index contributed by atoms with van der Waals surface area (Å²) in [7, 11) is 1.58. The van der Waals surface area contributed by atoms with Crippen molar-refractivity contribution in [3.05, 3.63) is 35.4 Å². The zero-order chi connectivity index (χ0) is 14.6. The Morgan fingerprint density at radius 3 is 2.60 bits per heavy atom. The first-order valence-corrected chi connectivity index (χ1v) is 6.51. The third-order valence-corrected chi connectivity index (χ3v) is 3.40. The highest BCUT2D eigenvalue weighted by atomic mass is 16.5. The van der Waals surface area contributed by atoms with Crippen molar-refractivity contribution >= 4 is 11.8 Å². The van der Waals surface area contributed by atoms with Crippen LogP contribution in [-0.4, -0.2) is 37.6 Å². The first-order chi connectivity index (χ1) is 9.55. The largest absolute Gasteiger partial charge is 0.379 e. The molecular formula is C14H19N3O3. The lowest BCUT2D eigenvalue weighted by Gasteiger charge is -2.20. The van der Waals surface area contributed by atoms with E-state index in [9.17, 15) is 9.59 Å². The molecule has 1 unspecified atom stereocenters. The standard InChI is InChI=1S/C14H19N3O3/c1-16-12(18)11-4-2-10(3-5-11)8-17-13(19)14(15)6-7-20-9-14/h2-5H,6-9,15H2,1H3,(H,16,18)(H,17,19). The van der Waals surface area contributed by atoms with Crippen molar-refractivity contribution < 1.29 is 14.3 Å². The summed E-state index contributed by atoms with van der Waals surface area (Å²) in [6, 6.07) is 7.05. The summed E-state index contributed by atoms with van der Waals surface area (Å²) < 4.78 is 5.16. The van der Waals surface area contributed by atoms with Gasteiger partial charge in [-0.2, -0.15) is 0 Å². The highest BCUT2D eigenvalue weighted by Crippen LogP contribution is 2.15. The van der Waals surface area contributed by atoms with E-state index >= 15 is 0 Å². The molecule has 2 amide bonds. The van der Waals surface area contributed by atoms with Crippen molar-refractivity contribution in [1.29, 1.82) is 0 Å². The molecule has 1 saturated heterocycles. The quantitative estimate of drug-likeness (QED) is 0.709. The minimum absolute atomic E-state index is 0.135. The van der Waals surface area contributed by atoms with Crippen molar-refractivity contribution in [2.45, 2.75) is 18.5 Å². The van der Waals surface area contributed by atoms with Gasteiger partial charge in [0.2, 0.25) is 5.91 Å². The van der Waals surface area contributed by atoms with Gasteiger partial charge in [-0.05, 0) is 24.1 Å². The summed E-state index contributed by atoms with van der Waals surface area (Å²) in [6.45, 7) is 1.16. The van der Waals surface area contributed by atoms with E-state index < -0.39 is 5.54 Å². The van der Waals surface area contributed by atoms with Gasteiger partial charge in [0.05, 0.1) is 6.61 Å². The minimum atomic E-state index is -0.915. The third-order valence-electron chi connectivity index (χ3n) is 3.40. The van der Waals surface area contributed by atoms with Crippen LogP contribution in [0.15, 0.2) is 24.3 Å². The van der Waals surface area contributed by atoms with E-state index in [0.29, 0.717) is 25.1 Å². The van der Waals surface area contributed by atoms with Crippen molar-refractivity contribution in [1.82, 2.24) is 10.6 Å². The number of benzene rings is 1. The number of carbonyl (C=O) groups is 2. The Morgan fingerprint density at radius 1 is 1.35 bits per heavy atom. The van der Waals surface area contributed by atoms with E-state index in [1.165, 1.54) is 0 Å². The van der Waals surface area contributed by atoms with Crippen molar-refractivity contribution in [3.8, 4) is 0 Å². The van der Waals surface area contributed by atoms with E-state index in [1.807, 2.05) is 0 Å². The van der Waals surface area contributed by atoms with Crippen molar-refractivity contribution in [2.24, 2.45) is 5.73 Å². The van der Waals surface area contributed by atoms with E-state index in [-0.39, 0.29) is 18.4 Å². The smallest absolute Gasteiger partial charge is 0.251 e. The van der Waals surface area contributed by atoms with Gasteiger partial charge in [-0.1, -0.05) is 12.1 Å². The number of ether oxygens (including phenoxy) is 1. The van der Waals surface area contributed by atoms with Gasteiger partial charge in [0.1, 0.15) is 5.54 Å². The Balaban J connectivity index is 1.91. The van der Waals surface area contributed by atoms with Gasteiger partial charge >= 0.3 is 0 Å². The Hall–Kier alpha value is -1.92. The molecule has 1 aromatic rings. The predicted molar refractivity (Wildman–Crippen MR) is 74.0 cm³/mol. The molecule has 6 nitrogen and oxygen atoms in total. The van der Waals surface area contributed by atoms with Crippen LogP contribution in [-0.2, 0) is 16.1 Å². The molecule has 1 heterocycles. The molecule has 1 aliphatic heterocycles. The van der Waals surface area contributed by atoms with Gasteiger partial charge < -0.3 is 21.1 Å². The van der Waals surface area contributed by atoms with Crippen LogP contribution in [0.4, 0.5) is 0 Å². The maximum absolute atomic E-state index is 12.0. The lowest BCUT2D eigenvalue weighted by atomic mass is 9.99. The third kappa shape index (κ3) is 3.15. The second-order valence-corrected chi connectivity index (χ2v) is 4.92. The number of hydrogen-bond acceptors (Lipinski definition) is 4. The maximum Gasteiger partial charge on any atom is 0.251 e. The molecule has 0 aromatic heterocycles. The maximum atomic E-state index is 12.0. The summed E-state index contributed by atoms with van der Waals surface area (Å²) in [5.74, 6) is -0.338. The molecule has 0 aliphatic carbocycles. The van der Waals surface area contributed by atoms with E-state index in [0.717, 1.165) is 5.56 Å². The number of amides is 2. The molecule has 1 atom stereocenters. The molecule has 2 rings (SSSR count). The fourth-order valence-corrected chi connectivity index (χ4v) is 2.04. The Bertz CT molecular complexity index is 493. The van der Waals surface area contributed by atoms with Gasteiger partial charge in [-0.15, -0.1) is 0 Å². The fourth-order valence-electron chi connectivity index (χ4n) is 2.04. The van der Waals surface area contributed by atoms with Gasteiger partial charge in [-0.25, -0.2) is 0 Å². The molecule has 0 radical (unpaired) electrons. The van der Waals surface area contributed by atoms with Crippen LogP contribution in [0.1, 0.15) is 22.3 Å². The molecule has 4 N–H and O–H groups in total. The second kappa shape index (κ2) is 6.02. The van der Waals surface area contributed by atoms with Crippen LogP contribution in [0.2, 0.25) is 0 Å².